The van der Waals surface area contributed by atoms with Crippen molar-refractivity contribution in [1.29, 1.82) is 0 Å². The maximum Gasteiger partial charge on any atom is 0.365 e. The zero-order chi connectivity index (χ0) is 17.2. The number of fused-ring (bicyclic) bond motifs is 1. The molecule has 1 atom stereocenters. The Bertz CT molecular complexity index is 964. The van der Waals surface area contributed by atoms with Crippen LogP contribution in [-0.2, 0) is 0 Å². The summed E-state index contributed by atoms with van der Waals surface area (Å²) in [5, 5.41) is 9.30. The van der Waals surface area contributed by atoms with Gasteiger partial charge in [0, 0.05) is 25.2 Å². The summed E-state index contributed by atoms with van der Waals surface area (Å²) in [4.78, 5) is 25.7. The number of nitrogens with zero attached hydrogens (tertiary/aromatic N) is 3. The van der Waals surface area contributed by atoms with Crippen molar-refractivity contribution in [2.75, 3.05) is 18.0 Å². The summed E-state index contributed by atoms with van der Waals surface area (Å²) in [6.07, 6.45) is 1.87. The molecule has 1 aliphatic heterocycles. The average Bonchev–Trinajstić information content (AvgIpc) is 3.28. The SMILES string of the molecule is N[C@H]1CCN(c2c(F)cc3c(=O)n(O)c(=O)n(C4CC4)c3c2F)C1. The molecular formula is C15H16F2N4O3. The van der Waals surface area contributed by atoms with Gasteiger partial charge in [-0.2, -0.15) is 0 Å². The fraction of sp³-hybridized carbons (Fsp3) is 0.467. The Hall–Kier alpha value is -2.42. The van der Waals surface area contributed by atoms with Crippen molar-refractivity contribution in [2.24, 2.45) is 5.73 Å². The second kappa shape index (κ2) is 5.04. The van der Waals surface area contributed by atoms with Crippen molar-refractivity contribution < 1.29 is 14.0 Å². The van der Waals surface area contributed by atoms with Crippen molar-refractivity contribution in [3.8, 4) is 0 Å². The first kappa shape index (κ1) is 15.1. The van der Waals surface area contributed by atoms with Crippen LogP contribution >= 0.6 is 0 Å². The second-order valence-electron chi connectivity index (χ2n) is 6.41. The third-order valence-electron chi connectivity index (χ3n) is 4.67. The first-order valence-corrected chi connectivity index (χ1v) is 7.79. The molecule has 2 fully saturated rings. The molecule has 2 aromatic rings. The van der Waals surface area contributed by atoms with E-state index in [4.69, 9.17) is 5.73 Å². The lowest BCUT2D eigenvalue weighted by molar-refractivity contribution is 0.157. The number of benzene rings is 1. The molecule has 128 valence electrons. The molecule has 7 nitrogen and oxygen atoms in total. The fourth-order valence-corrected chi connectivity index (χ4v) is 3.35. The quantitative estimate of drug-likeness (QED) is 0.780. The number of anilines is 1. The zero-order valence-corrected chi connectivity index (χ0v) is 12.7. The molecule has 0 amide bonds. The first-order valence-electron chi connectivity index (χ1n) is 7.79. The van der Waals surface area contributed by atoms with E-state index >= 15 is 4.39 Å². The standard InChI is InChI=1S/C15H16F2N4O3/c16-10-5-9-12(11(17)13(10)19-4-3-7(18)6-19)20(8-1-2-8)15(23)21(24)14(9)22/h5,7-8,24H,1-4,6,18H2/t7-/m0/s1. The molecule has 9 heteroatoms. The largest absolute Gasteiger partial charge is 0.421 e. The molecule has 4 rings (SSSR count). The van der Waals surface area contributed by atoms with Gasteiger partial charge in [0.25, 0.3) is 5.56 Å². The van der Waals surface area contributed by atoms with Crippen molar-refractivity contribution in [3.05, 3.63) is 38.5 Å². The van der Waals surface area contributed by atoms with Crippen molar-refractivity contribution in [2.45, 2.75) is 31.3 Å². The summed E-state index contributed by atoms with van der Waals surface area (Å²) >= 11 is 0. The molecule has 1 aliphatic carbocycles. The van der Waals surface area contributed by atoms with Crippen LogP contribution in [0.3, 0.4) is 0 Å². The topological polar surface area (TPSA) is 93.5 Å². The number of aromatic nitrogens is 2. The van der Waals surface area contributed by atoms with Crippen LogP contribution in [-0.4, -0.2) is 33.6 Å². The van der Waals surface area contributed by atoms with Crippen LogP contribution in [0.2, 0.25) is 0 Å². The number of hydrogen-bond donors (Lipinski definition) is 2. The summed E-state index contributed by atoms with van der Waals surface area (Å²) in [7, 11) is 0. The maximum atomic E-state index is 15.1. The summed E-state index contributed by atoms with van der Waals surface area (Å²) in [5.41, 5.74) is 3.13. The highest BCUT2D eigenvalue weighted by atomic mass is 19.1. The number of nitrogens with two attached hydrogens (primary N) is 1. The van der Waals surface area contributed by atoms with Gasteiger partial charge in [0.15, 0.2) is 5.82 Å². The molecule has 1 aromatic carbocycles. The van der Waals surface area contributed by atoms with E-state index in [0.717, 1.165) is 10.6 Å². The van der Waals surface area contributed by atoms with Crippen molar-refractivity contribution >= 4 is 16.6 Å². The van der Waals surface area contributed by atoms with Gasteiger partial charge >= 0.3 is 5.69 Å². The Balaban J connectivity index is 2.08. The second-order valence-corrected chi connectivity index (χ2v) is 6.41. The lowest BCUT2D eigenvalue weighted by Gasteiger charge is -2.21. The summed E-state index contributed by atoms with van der Waals surface area (Å²) in [5.74, 6) is -1.87. The third-order valence-corrected chi connectivity index (χ3v) is 4.67. The molecule has 24 heavy (non-hydrogen) atoms. The molecule has 1 aromatic heterocycles. The molecule has 2 aliphatic rings. The molecule has 1 saturated carbocycles. The van der Waals surface area contributed by atoms with Gasteiger partial charge in [-0.25, -0.2) is 13.6 Å². The van der Waals surface area contributed by atoms with E-state index in [1.54, 1.807) is 0 Å². The molecule has 0 unspecified atom stereocenters. The lowest BCUT2D eigenvalue weighted by Crippen LogP contribution is -2.39. The first-order chi connectivity index (χ1) is 11.4. The summed E-state index contributed by atoms with van der Waals surface area (Å²) < 4.78 is 30.6. The number of hydrogen-bond acceptors (Lipinski definition) is 5. The minimum Gasteiger partial charge on any atom is -0.421 e. The monoisotopic (exact) mass is 338 g/mol. The number of halogens is 2. The van der Waals surface area contributed by atoms with E-state index in [0.29, 0.717) is 32.4 Å². The van der Waals surface area contributed by atoms with Crippen LogP contribution < -0.4 is 21.9 Å². The number of rotatable bonds is 2. The molecule has 2 heterocycles. The Kier molecular flexibility index (Phi) is 3.17. The molecular weight excluding hydrogens is 322 g/mol. The molecule has 0 bridgehead atoms. The van der Waals surface area contributed by atoms with Gasteiger partial charge in [-0.3, -0.25) is 9.36 Å². The van der Waals surface area contributed by atoms with Gasteiger partial charge in [-0.15, -0.1) is 0 Å². The highest BCUT2D eigenvalue weighted by Crippen LogP contribution is 2.38. The van der Waals surface area contributed by atoms with E-state index in [9.17, 15) is 19.2 Å². The highest BCUT2D eigenvalue weighted by Gasteiger charge is 2.33. The van der Waals surface area contributed by atoms with E-state index < -0.39 is 22.9 Å². The molecule has 3 N–H and O–H groups in total. The van der Waals surface area contributed by atoms with Crippen LogP contribution in [0.15, 0.2) is 15.7 Å². The van der Waals surface area contributed by atoms with Crippen molar-refractivity contribution in [3.63, 3.8) is 0 Å². The van der Waals surface area contributed by atoms with Crippen LogP contribution in [0.25, 0.3) is 10.9 Å². The Labute approximate surface area is 134 Å². The molecule has 0 spiro atoms. The van der Waals surface area contributed by atoms with E-state index in [-0.39, 0.29) is 33.4 Å². The fourth-order valence-electron chi connectivity index (χ4n) is 3.35. The normalized spacial score (nSPS) is 21.0. The molecule has 0 radical (unpaired) electrons. The summed E-state index contributed by atoms with van der Waals surface area (Å²) in [6.45, 7) is 0.690. The van der Waals surface area contributed by atoms with Gasteiger partial charge in [-0.05, 0) is 25.3 Å². The van der Waals surface area contributed by atoms with Gasteiger partial charge in [0.2, 0.25) is 0 Å². The lowest BCUT2D eigenvalue weighted by atomic mass is 10.1. The van der Waals surface area contributed by atoms with Gasteiger partial charge in [-0.1, -0.05) is 4.73 Å². The maximum absolute atomic E-state index is 15.1. The Morgan fingerprint density at radius 2 is 1.92 bits per heavy atom. The van der Waals surface area contributed by atoms with Crippen LogP contribution in [0.1, 0.15) is 25.3 Å². The van der Waals surface area contributed by atoms with E-state index in [1.807, 2.05) is 0 Å². The predicted molar refractivity (Wildman–Crippen MR) is 82.6 cm³/mol. The Morgan fingerprint density at radius 1 is 1.21 bits per heavy atom. The average molecular weight is 338 g/mol. The Morgan fingerprint density at radius 3 is 2.50 bits per heavy atom. The van der Waals surface area contributed by atoms with Gasteiger partial charge < -0.3 is 15.8 Å². The predicted octanol–water partition coefficient (Wildman–Crippen LogP) is 0.551. The highest BCUT2D eigenvalue weighted by molar-refractivity contribution is 5.84. The summed E-state index contributed by atoms with van der Waals surface area (Å²) in [6, 6.07) is 0.397. The smallest absolute Gasteiger partial charge is 0.365 e. The van der Waals surface area contributed by atoms with E-state index in [2.05, 4.69) is 0 Å². The van der Waals surface area contributed by atoms with Crippen molar-refractivity contribution in [1.82, 2.24) is 9.30 Å². The molecule has 1 saturated heterocycles. The van der Waals surface area contributed by atoms with Crippen LogP contribution in [0.5, 0.6) is 0 Å². The van der Waals surface area contributed by atoms with Crippen LogP contribution in [0, 0.1) is 11.6 Å². The zero-order valence-electron chi connectivity index (χ0n) is 12.7. The minimum atomic E-state index is -1.13. The minimum absolute atomic E-state index is 0.0923. The third kappa shape index (κ3) is 2.04. The van der Waals surface area contributed by atoms with Gasteiger partial charge in [0.05, 0.1) is 10.9 Å². The van der Waals surface area contributed by atoms with E-state index in [1.165, 1.54) is 4.90 Å². The van der Waals surface area contributed by atoms with Gasteiger partial charge in [0.1, 0.15) is 11.5 Å². The van der Waals surface area contributed by atoms with Crippen LogP contribution in [0.4, 0.5) is 14.5 Å².